The van der Waals surface area contributed by atoms with Gasteiger partial charge >= 0.3 is 0 Å². The topological polar surface area (TPSA) is 37.4 Å². The average molecular weight is 235 g/mol. The summed E-state index contributed by atoms with van der Waals surface area (Å²) in [5, 5.41) is 3.34. The van der Waals surface area contributed by atoms with Crippen LogP contribution in [-0.4, -0.2) is 43.2 Å². The van der Waals surface area contributed by atoms with Gasteiger partial charge in [0.05, 0.1) is 12.8 Å². The molecule has 0 bridgehead atoms. The van der Waals surface area contributed by atoms with Crippen molar-refractivity contribution in [2.75, 3.05) is 27.2 Å². The van der Waals surface area contributed by atoms with Crippen LogP contribution in [0.3, 0.4) is 0 Å². The van der Waals surface area contributed by atoms with Crippen LogP contribution in [0.15, 0.2) is 18.2 Å². The molecule has 1 aromatic heterocycles. The number of likely N-dealkylation sites (tertiary alicyclic amines) is 1. The van der Waals surface area contributed by atoms with Gasteiger partial charge in [-0.05, 0) is 26.0 Å². The van der Waals surface area contributed by atoms with Crippen molar-refractivity contribution < 1.29 is 4.74 Å². The van der Waals surface area contributed by atoms with Gasteiger partial charge in [0.2, 0.25) is 5.88 Å². The van der Waals surface area contributed by atoms with Crippen molar-refractivity contribution in [3.8, 4) is 5.88 Å². The van der Waals surface area contributed by atoms with Gasteiger partial charge in [-0.15, -0.1) is 0 Å². The Morgan fingerprint density at radius 1 is 1.41 bits per heavy atom. The zero-order chi connectivity index (χ0) is 12.1. The number of ether oxygens (including phenoxy) is 1. The van der Waals surface area contributed by atoms with Crippen LogP contribution in [0.25, 0.3) is 0 Å². The molecule has 1 aromatic rings. The highest BCUT2D eigenvalue weighted by atomic mass is 16.5. The normalized spacial score (nSPS) is 18.2. The van der Waals surface area contributed by atoms with E-state index in [-0.39, 0.29) is 0 Å². The molecule has 1 aliphatic heterocycles. The van der Waals surface area contributed by atoms with Crippen molar-refractivity contribution in [1.29, 1.82) is 0 Å². The smallest absolute Gasteiger partial charge is 0.213 e. The number of aromatic nitrogens is 1. The molecule has 1 aliphatic rings. The second-order valence-electron chi connectivity index (χ2n) is 4.51. The second-order valence-corrected chi connectivity index (χ2v) is 4.51. The minimum atomic E-state index is 0.685. The molecule has 0 amide bonds. The molecule has 0 saturated carbocycles. The summed E-state index contributed by atoms with van der Waals surface area (Å²) in [6.07, 6.45) is 2.45. The molecule has 4 nitrogen and oxygen atoms in total. The van der Waals surface area contributed by atoms with Crippen molar-refractivity contribution in [3.05, 3.63) is 23.9 Å². The minimum absolute atomic E-state index is 0.685. The molecule has 1 fully saturated rings. The summed E-state index contributed by atoms with van der Waals surface area (Å²) in [6.45, 7) is 3.21. The first-order valence-electron chi connectivity index (χ1n) is 6.21. The largest absolute Gasteiger partial charge is 0.481 e. The fourth-order valence-corrected chi connectivity index (χ4v) is 2.27. The zero-order valence-corrected chi connectivity index (χ0v) is 10.6. The van der Waals surface area contributed by atoms with Gasteiger partial charge in [-0.25, -0.2) is 4.98 Å². The van der Waals surface area contributed by atoms with Gasteiger partial charge in [-0.2, -0.15) is 0 Å². The summed E-state index contributed by atoms with van der Waals surface area (Å²) >= 11 is 0. The van der Waals surface area contributed by atoms with Crippen molar-refractivity contribution in [2.45, 2.75) is 25.4 Å². The number of piperidine rings is 1. The predicted octanol–water partition coefficient (Wildman–Crippen LogP) is 1.27. The Bertz CT molecular complexity index is 348. The highest BCUT2D eigenvalue weighted by Gasteiger charge is 2.17. The lowest BCUT2D eigenvalue weighted by atomic mass is 10.1. The second kappa shape index (κ2) is 5.98. The number of nitrogens with zero attached hydrogens (tertiary/aromatic N) is 2. The zero-order valence-electron chi connectivity index (χ0n) is 10.6. The van der Waals surface area contributed by atoms with Crippen molar-refractivity contribution in [3.63, 3.8) is 0 Å². The molecule has 1 saturated heterocycles. The number of hydrogen-bond donors (Lipinski definition) is 1. The lowest BCUT2D eigenvalue weighted by Gasteiger charge is -2.31. The molecular formula is C13H21N3O. The fraction of sp³-hybridized carbons (Fsp3) is 0.615. The number of rotatable bonds is 4. The van der Waals surface area contributed by atoms with Crippen LogP contribution in [0.2, 0.25) is 0 Å². The van der Waals surface area contributed by atoms with Gasteiger partial charge in [0, 0.05) is 31.7 Å². The molecule has 0 aromatic carbocycles. The third-order valence-corrected chi connectivity index (χ3v) is 3.37. The summed E-state index contributed by atoms with van der Waals surface area (Å²) in [7, 11) is 3.70. The SMILES string of the molecule is CNC1CCN(Cc2cccc(OC)n2)CC1. The summed E-state index contributed by atoms with van der Waals surface area (Å²) in [5.41, 5.74) is 1.09. The van der Waals surface area contributed by atoms with Crippen molar-refractivity contribution in [1.82, 2.24) is 15.2 Å². The van der Waals surface area contributed by atoms with Gasteiger partial charge in [0.1, 0.15) is 0 Å². The summed E-state index contributed by atoms with van der Waals surface area (Å²) in [6, 6.07) is 6.63. The van der Waals surface area contributed by atoms with Gasteiger partial charge < -0.3 is 10.1 Å². The molecule has 0 radical (unpaired) electrons. The molecule has 0 aliphatic carbocycles. The molecular weight excluding hydrogens is 214 g/mol. The maximum absolute atomic E-state index is 5.14. The molecule has 1 N–H and O–H groups in total. The van der Waals surface area contributed by atoms with Crippen LogP contribution in [0.4, 0.5) is 0 Å². The Morgan fingerprint density at radius 3 is 2.82 bits per heavy atom. The molecule has 2 heterocycles. The summed E-state index contributed by atoms with van der Waals surface area (Å²) < 4.78 is 5.14. The van der Waals surface area contributed by atoms with Crippen molar-refractivity contribution >= 4 is 0 Å². The van der Waals surface area contributed by atoms with E-state index >= 15 is 0 Å². The van der Waals surface area contributed by atoms with E-state index in [0.29, 0.717) is 11.9 Å². The number of nitrogens with one attached hydrogen (secondary N) is 1. The van der Waals surface area contributed by atoms with Crippen LogP contribution in [0.5, 0.6) is 5.88 Å². The molecule has 2 rings (SSSR count). The number of pyridine rings is 1. The summed E-state index contributed by atoms with van der Waals surface area (Å²) in [4.78, 5) is 6.90. The van der Waals surface area contributed by atoms with Crippen molar-refractivity contribution in [2.24, 2.45) is 0 Å². The van der Waals surface area contributed by atoms with Gasteiger partial charge in [0.25, 0.3) is 0 Å². The van der Waals surface area contributed by atoms with E-state index in [1.165, 1.54) is 12.8 Å². The highest BCUT2D eigenvalue weighted by Crippen LogP contribution is 2.14. The Labute approximate surface area is 103 Å². The van der Waals surface area contributed by atoms with Crippen LogP contribution in [0, 0.1) is 0 Å². The monoisotopic (exact) mass is 235 g/mol. The average Bonchev–Trinajstić information content (AvgIpc) is 2.40. The maximum atomic E-state index is 5.14. The third-order valence-electron chi connectivity index (χ3n) is 3.37. The maximum Gasteiger partial charge on any atom is 0.213 e. The van der Waals surface area contributed by atoms with Gasteiger partial charge in [0.15, 0.2) is 0 Å². The predicted molar refractivity (Wildman–Crippen MR) is 68.1 cm³/mol. The Hall–Kier alpha value is -1.13. The highest BCUT2D eigenvalue weighted by molar-refractivity contribution is 5.15. The Morgan fingerprint density at radius 2 is 2.18 bits per heavy atom. The first-order chi connectivity index (χ1) is 8.31. The third kappa shape index (κ3) is 3.41. The van der Waals surface area contributed by atoms with Gasteiger partial charge in [-0.3, -0.25) is 4.90 Å². The minimum Gasteiger partial charge on any atom is -0.481 e. The first-order valence-corrected chi connectivity index (χ1v) is 6.21. The molecule has 4 heteroatoms. The van der Waals surface area contributed by atoms with E-state index < -0.39 is 0 Å². The van der Waals surface area contributed by atoms with E-state index in [2.05, 4.69) is 21.3 Å². The number of hydrogen-bond acceptors (Lipinski definition) is 4. The van der Waals surface area contributed by atoms with E-state index in [1.807, 2.05) is 19.2 Å². The van der Waals surface area contributed by atoms with Crippen LogP contribution >= 0.6 is 0 Å². The molecule has 0 unspecified atom stereocenters. The molecule has 17 heavy (non-hydrogen) atoms. The van der Waals surface area contributed by atoms with E-state index in [9.17, 15) is 0 Å². The molecule has 94 valence electrons. The van der Waals surface area contributed by atoms with Crippen LogP contribution < -0.4 is 10.1 Å². The lowest BCUT2D eigenvalue weighted by Crippen LogP contribution is -2.40. The lowest BCUT2D eigenvalue weighted by molar-refractivity contribution is 0.192. The molecule has 0 atom stereocenters. The Kier molecular flexibility index (Phi) is 4.34. The fourth-order valence-electron chi connectivity index (χ4n) is 2.27. The van der Waals surface area contributed by atoms with E-state index in [4.69, 9.17) is 4.74 Å². The first kappa shape index (κ1) is 12.3. The number of methoxy groups -OCH3 is 1. The van der Waals surface area contributed by atoms with Crippen LogP contribution in [0.1, 0.15) is 18.5 Å². The van der Waals surface area contributed by atoms with Gasteiger partial charge in [-0.1, -0.05) is 6.07 Å². The van der Waals surface area contributed by atoms with E-state index in [1.54, 1.807) is 7.11 Å². The molecule has 0 spiro atoms. The van der Waals surface area contributed by atoms with Crippen LogP contribution in [-0.2, 0) is 6.54 Å². The summed E-state index contributed by atoms with van der Waals surface area (Å²) in [5.74, 6) is 0.701. The quantitative estimate of drug-likeness (QED) is 0.853. The van der Waals surface area contributed by atoms with E-state index in [0.717, 1.165) is 25.3 Å². The standard InChI is InChI=1S/C13H21N3O/c1-14-11-6-8-16(9-7-11)10-12-4-3-5-13(15-12)17-2/h3-5,11,14H,6-10H2,1-2H3. The Balaban J connectivity index is 1.88.